The molecular weight excluding hydrogens is 576 g/mol. The lowest BCUT2D eigenvalue weighted by Crippen LogP contribution is -2.42. The van der Waals surface area contributed by atoms with Crippen LogP contribution >= 0.6 is 0 Å². The van der Waals surface area contributed by atoms with Gasteiger partial charge in [-0.3, -0.25) is 9.69 Å². The van der Waals surface area contributed by atoms with Crippen LogP contribution < -0.4 is 20.1 Å². The summed E-state index contributed by atoms with van der Waals surface area (Å²) >= 11 is 0. The van der Waals surface area contributed by atoms with Crippen LogP contribution in [0.15, 0.2) is 89.4 Å². The molecule has 2 aliphatic rings. The van der Waals surface area contributed by atoms with E-state index in [0.717, 1.165) is 18.2 Å². The smallest absolute Gasteiger partial charge is 0.224 e. The Morgan fingerprint density at radius 1 is 0.978 bits per heavy atom. The van der Waals surface area contributed by atoms with E-state index >= 15 is 4.39 Å². The van der Waals surface area contributed by atoms with E-state index < -0.39 is 23.0 Å². The van der Waals surface area contributed by atoms with Gasteiger partial charge in [-0.15, -0.1) is 0 Å². The number of pyridine rings is 1. The minimum atomic E-state index is -1.03. The summed E-state index contributed by atoms with van der Waals surface area (Å²) in [5, 5.41) is 20.5. The molecule has 224 valence electrons. The third kappa shape index (κ3) is 5.21. The zero-order valence-electron chi connectivity index (χ0n) is 24.7. The topological polar surface area (TPSA) is 125 Å². The number of ketones is 1. The first-order chi connectivity index (χ1) is 21.5. The molecule has 0 fully saturated rings. The van der Waals surface area contributed by atoms with Crippen molar-refractivity contribution in [2.24, 2.45) is 11.1 Å². The summed E-state index contributed by atoms with van der Waals surface area (Å²) in [6.45, 7) is 3.82. The molecule has 0 radical (unpaired) electrons. The summed E-state index contributed by atoms with van der Waals surface area (Å²) in [5.74, 6) is -1.84. The van der Waals surface area contributed by atoms with E-state index in [1.807, 2.05) is 13.8 Å². The molecule has 4 aromatic rings. The van der Waals surface area contributed by atoms with Gasteiger partial charge in [0, 0.05) is 34.7 Å². The average Bonchev–Trinajstić information content (AvgIpc) is 3.01. The van der Waals surface area contributed by atoms with Gasteiger partial charge in [0.05, 0.1) is 47.5 Å². The fourth-order valence-electron chi connectivity index (χ4n) is 6.03. The lowest BCUT2D eigenvalue weighted by molar-refractivity contribution is -0.118. The number of hydrogen-bond acceptors (Lipinski definition) is 8. The minimum absolute atomic E-state index is 0.0424. The summed E-state index contributed by atoms with van der Waals surface area (Å²) in [6, 6.07) is 20.7. The van der Waals surface area contributed by atoms with E-state index in [0.29, 0.717) is 45.6 Å². The molecule has 0 spiro atoms. The summed E-state index contributed by atoms with van der Waals surface area (Å²) in [7, 11) is 1.54. The first-order valence-corrected chi connectivity index (χ1v) is 14.1. The molecule has 1 aliphatic heterocycles. The number of halogens is 2. The van der Waals surface area contributed by atoms with Crippen LogP contribution in [0.3, 0.4) is 0 Å². The fourth-order valence-corrected chi connectivity index (χ4v) is 6.03. The van der Waals surface area contributed by atoms with Crippen molar-refractivity contribution in [1.29, 1.82) is 10.5 Å². The van der Waals surface area contributed by atoms with Gasteiger partial charge in [0.25, 0.3) is 0 Å². The summed E-state index contributed by atoms with van der Waals surface area (Å²) in [6.07, 6.45) is 0.446. The molecule has 1 aromatic heterocycles. The van der Waals surface area contributed by atoms with Crippen molar-refractivity contribution in [2.75, 3.05) is 12.0 Å². The number of allylic oxidation sites excluding steroid dienone is 3. The molecule has 1 atom stereocenters. The molecule has 0 saturated heterocycles. The highest BCUT2D eigenvalue weighted by Crippen LogP contribution is 2.52. The number of carbonyl (C=O) groups excluding carboxylic acids is 1. The lowest BCUT2D eigenvalue weighted by Gasteiger charge is -2.43. The van der Waals surface area contributed by atoms with E-state index in [1.54, 1.807) is 48.5 Å². The molecule has 2 N–H and O–H groups in total. The van der Waals surface area contributed by atoms with E-state index in [1.165, 1.54) is 12.0 Å². The number of hydrogen-bond donors (Lipinski definition) is 1. The maximum Gasteiger partial charge on any atom is 0.224 e. The minimum Gasteiger partial charge on any atom is -0.497 e. The largest absolute Gasteiger partial charge is 0.497 e. The van der Waals surface area contributed by atoms with E-state index in [-0.39, 0.29) is 40.7 Å². The maximum absolute atomic E-state index is 15.3. The Bertz CT molecular complexity index is 2040. The predicted octanol–water partition coefficient (Wildman–Crippen LogP) is 7.13. The number of nitrogens with two attached hydrogens (primary N) is 1. The van der Waals surface area contributed by atoms with Gasteiger partial charge in [0.15, 0.2) is 5.78 Å². The number of benzene rings is 3. The Morgan fingerprint density at radius 2 is 1.71 bits per heavy atom. The predicted molar refractivity (Wildman–Crippen MR) is 163 cm³/mol. The van der Waals surface area contributed by atoms with Crippen molar-refractivity contribution >= 4 is 22.4 Å². The highest BCUT2D eigenvalue weighted by atomic mass is 19.1. The van der Waals surface area contributed by atoms with Crippen LogP contribution in [0.5, 0.6) is 17.4 Å². The van der Waals surface area contributed by atoms with Crippen LogP contribution in [-0.2, 0) is 4.79 Å². The summed E-state index contributed by atoms with van der Waals surface area (Å²) in [5.41, 5.74) is 7.88. The molecule has 3 aromatic carbocycles. The Kier molecular flexibility index (Phi) is 7.22. The first-order valence-electron chi connectivity index (χ1n) is 14.1. The van der Waals surface area contributed by atoms with Gasteiger partial charge in [-0.05, 0) is 72.5 Å². The van der Waals surface area contributed by atoms with E-state index in [4.69, 9.17) is 20.2 Å². The summed E-state index contributed by atoms with van der Waals surface area (Å²) in [4.78, 5) is 20.2. The number of carbonyl (C=O) groups is 1. The van der Waals surface area contributed by atoms with E-state index in [9.17, 15) is 19.7 Å². The van der Waals surface area contributed by atoms with Crippen molar-refractivity contribution in [3.63, 3.8) is 0 Å². The average molecular weight is 604 g/mol. The van der Waals surface area contributed by atoms with Crippen LogP contribution in [0, 0.1) is 39.7 Å². The molecule has 2 heterocycles. The Morgan fingerprint density at radius 3 is 2.40 bits per heavy atom. The normalized spacial score (nSPS) is 17.5. The zero-order valence-corrected chi connectivity index (χ0v) is 24.7. The fraction of sp³-hybridized carbons (Fsp3) is 0.200. The summed E-state index contributed by atoms with van der Waals surface area (Å²) < 4.78 is 41.5. The maximum atomic E-state index is 15.3. The lowest BCUT2D eigenvalue weighted by atomic mass is 9.68. The van der Waals surface area contributed by atoms with Crippen molar-refractivity contribution in [3.8, 4) is 29.5 Å². The number of nitriles is 2. The zero-order chi connectivity index (χ0) is 32.0. The second-order valence-electron chi connectivity index (χ2n) is 11.8. The Labute approximate surface area is 258 Å². The van der Waals surface area contributed by atoms with E-state index in [2.05, 4.69) is 12.1 Å². The molecule has 8 nitrogen and oxygen atoms in total. The van der Waals surface area contributed by atoms with Crippen LogP contribution in [-0.4, -0.2) is 17.9 Å². The molecule has 1 unspecified atom stereocenters. The molecule has 0 amide bonds. The quantitative estimate of drug-likeness (QED) is 0.255. The van der Waals surface area contributed by atoms with Gasteiger partial charge in [-0.2, -0.15) is 10.5 Å². The van der Waals surface area contributed by atoms with Gasteiger partial charge in [0.1, 0.15) is 29.0 Å². The van der Waals surface area contributed by atoms with Crippen molar-refractivity contribution in [3.05, 3.63) is 112 Å². The van der Waals surface area contributed by atoms with Crippen molar-refractivity contribution in [2.45, 2.75) is 32.6 Å². The number of rotatable bonds is 5. The molecule has 45 heavy (non-hydrogen) atoms. The van der Waals surface area contributed by atoms with Gasteiger partial charge in [-0.25, -0.2) is 13.8 Å². The third-order valence-electron chi connectivity index (χ3n) is 8.05. The second-order valence-corrected chi connectivity index (χ2v) is 11.8. The van der Waals surface area contributed by atoms with Crippen molar-refractivity contribution in [1.82, 2.24) is 4.98 Å². The number of anilines is 1. The van der Waals surface area contributed by atoms with Gasteiger partial charge in [-0.1, -0.05) is 13.8 Å². The molecule has 6 rings (SSSR count). The number of nitrogens with zero attached hydrogens (tertiary/aromatic N) is 4. The van der Waals surface area contributed by atoms with Crippen LogP contribution in [0.1, 0.15) is 43.7 Å². The van der Waals surface area contributed by atoms with Crippen LogP contribution in [0.25, 0.3) is 10.9 Å². The molecular formula is C35H27F2N5O3. The Balaban J connectivity index is 1.64. The first kappa shape index (κ1) is 29.3. The standard InChI is InChI=1S/C35H27F2N5O3/c1-35(2)15-29-32(30(43)16-35)31(25(18-39)33(40)42(29)28-14-21(36)6-10-26(28)37)24-13-20-12-23(44-3)9-11-27(20)41-34(24)45-22-7-4-19(17-38)5-8-22/h4-14,31H,15-16,40H2,1-3H3. The molecule has 1 aliphatic carbocycles. The van der Waals surface area contributed by atoms with Crippen LogP contribution in [0.2, 0.25) is 0 Å². The number of fused-ring (bicyclic) bond motifs is 1. The molecule has 0 saturated carbocycles. The number of methoxy groups -OCH3 is 1. The Hall–Kier alpha value is -5.74. The molecule has 10 heteroatoms. The number of Topliss-reactive ketones (excluding diaryl/α,β-unsaturated/α-hetero) is 1. The van der Waals surface area contributed by atoms with Gasteiger partial charge >= 0.3 is 0 Å². The third-order valence-corrected chi connectivity index (χ3v) is 8.05. The monoisotopic (exact) mass is 603 g/mol. The molecule has 0 bridgehead atoms. The van der Waals surface area contributed by atoms with Crippen LogP contribution in [0.4, 0.5) is 14.5 Å². The highest BCUT2D eigenvalue weighted by Gasteiger charge is 2.46. The second kappa shape index (κ2) is 11.1. The highest BCUT2D eigenvalue weighted by molar-refractivity contribution is 6.02. The van der Waals surface area contributed by atoms with Crippen molar-refractivity contribution < 1.29 is 23.0 Å². The number of ether oxygens (including phenoxy) is 2. The van der Waals surface area contributed by atoms with Gasteiger partial charge < -0.3 is 15.2 Å². The SMILES string of the molecule is COc1ccc2nc(Oc3ccc(C#N)cc3)c(C3C(C#N)=C(N)N(c4cc(F)ccc4F)C4=C3C(=O)CC(C)(C)C4)cc2c1. The van der Waals surface area contributed by atoms with Gasteiger partial charge in [0.2, 0.25) is 5.88 Å². The number of aromatic nitrogens is 1.